The van der Waals surface area contributed by atoms with Gasteiger partial charge in [-0.15, -0.1) is 0 Å². The van der Waals surface area contributed by atoms with Gasteiger partial charge in [0.2, 0.25) is 0 Å². The van der Waals surface area contributed by atoms with Crippen LogP contribution in [-0.2, 0) is 31.7 Å². The minimum absolute atomic E-state index is 0.453. The van der Waals surface area contributed by atoms with E-state index >= 15 is 0 Å². The van der Waals surface area contributed by atoms with Crippen molar-refractivity contribution in [3.63, 3.8) is 0 Å². The van der Waals surface area contributed by atoms with Crippen molar-refractivity contribution in [3.05, 3.63) is 0 Å². The Morgan fingerprint density at radius 1 is 1.12 bits per heavy atom. The van der Waals surface area contributed by atoms with E-state index in [1.165, 1.54) is 19.3 Å². The summed E-state index contributed by atoms with van der Waals surface area (Å²) in [6, 6.07) is 0. The van der Waals surface area contributed by atoms with Gasteiger partial charge in [0.1, 0.15) is 0 Å². The molecule has 3 nitrogen and oxygen atoms in total. The molecule has 0 spiro atoms. The van der Waals surface area contributed by atoms with E-state index in [9.17, 15) is 4.21 Å². The maximum Gasteiger partial charge on any atom is 0.185 e. The van der Waals surface area contributed by atoms with Crippen LogP contribution in [0.1, 0.15) is 39.5 Å². The molecule has 6 heteroatoms. The Labute approximate surface area is 113 Å². The molecule has 0 bridgehead atoms. The second kappa shape index (κ2) is 10.6. The Kier molecular flexibility index (Phi) is 11.1. The average molecular weight is 300 g/mol. The Morgan fingerprint density at radius 2 is 1.82 bits per heavy atom. The van der Waals surface area contributed by atoms with E-state index in [2.05, 4.69) is 6.92 Å². The third kappa shape index (κ3) is 11.5. The van der Waals surface area contributed by atoms with Crippen molar-refractivity contribution in [1.29, 1.82) is 0 Å². The van der Waals surface area contributed by atoms with E-state index in [1.807, 2.05) is 13.6 Å². The third-order valence-corrected chi connectivity index (χ3v) is 5.60. The maximum atomic E-state index is 11.6. The predicted octanol–water partition coefficient (Wildman–Crippen LogP) is 3.31. The summed E-state index contributed by atoms with van der Waals surface area (Å²) in [5.74, 6) is 1.36. The summed E-state index contributed by atoms with van der Waals surface area (Å²) in [6.45, 7) is 4.83. The minimum Gasteiger partial charge on any atom is -0.330 e. The van der Waals surface area contributed by atoms with Crippen molar-refractivity contribution in [2.75, 3.05) is 31.4 Å². The summed E-state index contributed by atoms with van der Waals surface area (Å²) in [4.78, 5) is 0. The van der Waals surface area contributed by atoms with Gasteiger partial charge >= 0.3 is 0 Å². The monoisotopic (exact) mass is 300 g/mol. The van der Waals surface area contributed by atoms with Gasteiger partial charge in [0.15, 0.2) is 6.49 Å². The van der Waals surface area contributed by atoms with Crippen LogP contribution in [0.4, 0.5) is 0 Å². The summed E-state index contributed by atoms with van der Waals surface area (Å²) in [7, 11) is -0.771. The molecule has 0 radical (unpaired) electrons. The smallest absolute Gasteiger partial charge is 0.185 e. The molecule has 0 heterocycles. The Balaban J connectivity index is 3.54. The van der Waals surface area contributed by atoms with Gasteiger partial charge in [-0.25, -0.2) is 0 Å². The summed E-state index contributed by atoms with van der Waals surface area (Å²) in [5, 5.41) is 0. The van der Waals surface area contributed by atoms with Crippen molar-refractivity contribution >= 4 is 29.1 Å². The molecule has 0 aromatic heterocycles. The third-order valence-electron chi connectivity index (χ3n) is 2.23. The first-order valence-electron chi connectivity index (χ1n) is 6.23. The molecule has 0 aliphatic heterocycles. The number of rotatable bonds is 11. The molecule has 0 fully saturated rings. The van der Waals surface area contributed by atoms with Crippen LogP contribution in [0.5, 0.6) is 0 Å². The highest BCUT2D eigenvalue weighted by molar-refractivity contribution is 8.09. The van der Waals surface area contributed by atoms with E-state index in [0.717, 1.165) is 12.2 Å². The second-order valence-electron chi connectivity index (χ2n) is 3.93. The molecule has 0 N–H and O–H groups in total. The standard InChI is InChI=1S/C11H25O3PS2/c1-4-6-7-8-10-17(12)11-9-14-15(3,16)13-5-2/h4-11H2,1-3H3/t15?,17-/m0/s1. The fourth-order valence-corrected chi connectivity index (χ4v) is 3.99. The van der Waals surface area contributed by atoms with Crippen molar-refractivity contribution in [1.82, 2.24) is 0 Å². The number of hydrogen-bond donors (Lipinski definition) is 0. The van der Waals surface area contributed by atoms with Crippen molar-refractivity contribution in [3.8, 4) is 0 Å². The highest BCUT2D eigenvalue weighted by Crippen LogP contribution is 2.43. The maximum absolute atomic E-state index is 11.6. The van der Waals surface area contributed by atoms with E-state index in [4.69, 9.17) is 20.9 Å². The molecular weight excluding hydrogens is 275 g/mol. The molecule has 0 aromatic carbocycles. The quantitative estimate of drug-likeness (QED) is 0.433. The Morgan fingerprint density at radius 3 is 2.41 bits per heavy atom. The molecule has 0 aliphatic rings. The van der Waals surface area contributed by atoms with E-state index < -0.39 is 17.3 Å². The Bertz CT molecular complexity index is 259. The zero-order valence-electron chi connectivity index (χ0n) is 11.1. The van der Waals surface area contributed by atoms with Crippen LogP contribution in [0.2, 0.25) is 0 Å². The highest BCUT2D eigenvalue weighted by atomic mass is 32.5. The topological polar surface area (TPSA) is 35.5 Å². The van der Waals surface area contributed by atoms with Crippen molar-refractivity contribution in [2.45, 2.75) is 39.5 Å². The first-order valence-corrected chi connectivity index (χ1v) is 10.8. The number of unbranched alkanes of at least 4 members (excludes halogenated alkanes) is 3. The van der Waals surface area contributed by atoms with E-state index in [1.54, 1.807) is 0 Å². The van der Waals surface area contributed by atoms with Crippen LogP contribution >= 0.6 is 6.49 Å². The van der Waals surface area contributed by atoms with Gasteiger partial charge in [0.25, 0.3) is 0 Å². The van der Waals surface area contributed by atoms with Crippen LogP contribution in [0.3, 0.4) is 0 Å². The van der Waals surface area contributed by atoms with Gasteiger partial charge in [-0.2, -0.15) is 0 Å². The fourth-order valence-electron chi connectivity index (χ4n) is 1.36. The van der Waals surface area contributed by atoms with Crippen LogP contribution in [-0.4, -0.2) is 35.6 Å². The van der Waals surface area contributed by atoms with Gasteiger partial charge in [-0.3, -0.25) is 4.21 Å². The SMILES string of the molecule is CCCCCC[S@](=O)CCOP(C)(=S)OCC. The Hall–Kier alpha value is 0.720. The van der Waals surface area contributed by atoms with Gasteiger partial charge in [0.05, 0.1) is 13.2 Å². The summed E-state index contributed by atoms with van der Waals surface area (Å²) in [5.41, 5.74) is 0. The average Bonchev–Trinajstić information content (AvgIpc) is 2.24. The molecule has 0 amide bonds. The van der Waals surface area contributed by atoms with Gasteiger partial charge in [-0.1, -0.05) is 26.2 Å². The molecule has 1 unspecified atom stereocenters. The van der Waals surface area contributed by atoms with Gasteiger partial charge < -0.3 is 9.05 Å². The molecule has 0 aromatic rings. The lowest BCUT2D eigenvalue weighted by Gasteiger charge is -2.16. The molecule has 0 aliphatic carbocycles. The summed E-state index contributed by atoms with van der Waals surface area (Å²) >= 11 is 5.18. The van der Waals surface area contributed by atoms with Crippen LogP contribution in [0, 0.1) is 0 Å². The van der Waals surface area contributed by atoms with Crippen LogP contribution in [0.15, 0.2) is 0 Å². The zero-order valence-corrected chi connectivity index (χ0v) is 13.7. The van der Waals surface area contributed by atoms with Gasteiger partial charge in [0, 0.05) is 29.0 Å². The second-order valence-corrected chi connectivity index (χ2v) is 9.68. The lowest BCUT2D eigenvalue weighted by atomic mass is 10.2. The molecule has 0 saturated heterocycles. The molecule has 0 saturated carbocycles. The van der Waals surface area contributed by atoms with Crippen LogP contribution in [0.25, 0.3) is 0 Å². The fraction of sp³-hybridized carbons (Fsp3) is 1.00. The van der Waals surface area contributed by atoms with E-state index in [0.29, 0.717) is 19.0 Å². The zero-order chi connectivity index (χ0) is 13.1. The summed E-state index contributed by atoms with van der Waals surface area (Å²) < 4.78 is 22.4. The lowest BCUT2D eigenvalue weighted by Crippen LogP contribution is -2.09. The van der Waals surface area contributed by atoms with Crippen molar-refractivity contribution < 1.29 is 13.3 Å². The predicted molar refractivity (Wildman–Crippen MR) is 79.8 cm³/mol. The molecule has 0 rings (SSSR count). The minimum atomic E-state index is -2.09. The van der Waals surface area contributed by atoms with Crippen LogP contribution < -0.4 is 0 Å². The lowest BCUT2D eigenvalue weighted by molar-refractivity contribution is 0.272. The first-order chi connectivity index (χ1) is 8.02. The summed E-state index contributed by atoms with van der Waals surface area (Å²) in [6.07, 6.45) is 4.66. The highest BCUT2D eigenvalue weighted by Gasteiger charge is 2.10. The molecule has 17 heavy (non-hydrogen) atoms. The largest absolute Gasteiger partial charge is 0.330 e. The molecular formula is C11H25O3PS2. The normalized spacial score (nSPS) is 16.6. The van der Waals surface area contributed by atoms with E-state index in [-0.39, 0.29) is 0 Å². The van der Waals surface area contributed by atoms with Gasteiger partial charge in [-0.05, 0) is 25.2 Å². The van der Waals surface area contributed by atoms with Crippen molar-refractivity contribution in [2.24, 2.45) is 0 Å². The molecule has 104 valence electrons. The number of hydrogen-bond acceptors (Lipinski definition) is 4. The molecule has 2 atom stereocenters. The first kappa shape index (κ1) is 17.7.